The van der Waals surface area contributed by atoms with Crippen LogP contribution in [0, 0.1) is 5.92 Å². The van der Waals surface area contributed by atoms with Crippen molar-refractivity contribution in [3.8, 4) is 5.75 Å². The van der Waals surface area contributed by atoms with Gasteiger partial charge < -0.3 is 15.4 Å². The first-order chi connectivity index (χ1) is 8.54. The van der Waals surface area contributed by atoms with Crippen LogP contribution in [-0.2, 0) is 9.59 Å². The van der Waals surface area contributed by atoms with E-state index in [1.165, 1.54) is 0 Å². The van der Waals surface area contributed by atoms with E-state index in [-0.39, 0.29) is 18.4 Å². The van der Waals surface area contributed by atoms with Gasteiger partial charge in [0.15, 0.2) is 0 Å². The van der Waals surface area contributed by atoms with E-state index >= 15 is 0 Å². The van der Waals surface area contributed by atoms with Gasteiger partial charge in [-0.15, -0.1) is 0 Å². The monoisotopic (exact) mass is 248 g/mol. The Morgan fingerprint density at radius 1 is 1.39 bits per heavy atom. The zero-order chi connectivity index (χ0) is 13.3. The predicted molar refractivity (Wildman–Crippen MR) is 65.8 cm³/mol. The molecule has 1 fully saturated rings. The number of amides is 2. The molecule has 0 saturated carbocycles. The van der Waals surface area contributed by atoms with Crippen molar-refractivity contribution in [2.45, 2.75) is 12.5 Å². The Morgan fingerprint density at radius 3 is 2.50 bits per heavy atom. The molecule has 96 valence electrons. The van der Waals surface area contributed by atoms with E-state index in [2.05, 4.69) is 0 Å². The van der Waals surface area contributed by atoms with Gasteiger partial charge in [0.25, 0.3) is 0 Å². The molecule has 0 radical (unpaired) electrons. The topological polar surface area (TPSA) is 72.6 Å². The van der Waals surface area contributed by atoms with Crippen molar-refractivity contribution in [2.24, 2.45) is 11.7 Å². The molecule has 1 aromatic carbocycles. The van der Waals surface area contributed by atoms with Crippen LogP contribution in [0.5, 0.6) is 5.75 Å². The number of carbonyl (C=O) groups is 2. The Labute approximate surface area is 106 Å². The van der Waals surface area contributed by atoms with Crippen LogP contribution in [0.3, 0.4) is 0 Å². The quantitative estimate of drug-likeness (QED) is 0.855. The molecule has 2 amide bonds. The van der Waals surface area contributed by atoms with Crippen LogP contribution < -0.4 is 10.5 Å². The fourth-order valence-corrected chi connectivity index (χ4v) is 2.38. The minimum Gasteiger partial charge on any atom is -0.497 e. The molecule has 1 aliphatic rings. The molecule has 1 heterocycles. The van der Waals surface area contributed by atoms with Crippen molar-refractivity contribution < 1.29 is 14.3 Å². The lowest BCUT2D eigenvalue weighted by Crippen LogP contribution is -2.30. The van der Waals surface area contributed by atoms with E-state index in [4.69, 9.17) is 10.5 Å². The fourth-order valence-electron chi connectivity index (χ4n) is 2.38. The summed E-state index contributed by atoms with van der Waals surface area (Å²) >= 11 is 0. The lowest BCUT2D eigenvalue weighted by molar-refractivity contribution is -0.128. The minimum atomic E-state index is -0.462. The third-order valence-electron chi connectivity index (χ3n) is 3.41. The number of benzene rings is 1. The highest BCUT2D eigenvalue weighted by Gasteiger charge is 2.41. The summed E-state index contributed by atoms with van der Waals surface area (Å²) in [6, 6.07) is 7.05. The van der Waals surface area contributed by atoms with E-state index in [0.29, 0.717) is 0 Å². The molecule has 2 atom stereocenters. The second-order valence-corrected chi connectivity index (χ2v) is 4.44. The predicted octanol–water partition coefficient (Wildman–Crippen LogP) is 0.700. The number of nitrogens with zero attached hydrogens (tertiary/aromatic N) is 1. The summed E-state index contributed by atoms with van der Waals surface area (Å²) in [5.74, 6) is -0.217. The Balaban J connectivity index is 2.33. The maximum Gasteiger partial charge on any atom is 0.223 e. The molecule has 1 saturated heterocycles. The molecule has 0 aliphatic carbocycles. The second-order valence-electron chi connectivity index (χ2n) is 4.44. The van der Waals surface area contributed by atoms with E-state index in [1.807, 2.05) is 24.3 Å². The molecule has 2 rings (SSSR count). The van der Waals surface area contributed by atoms with Crippen LogP contribution in [0.25, 0.3) is 0 Å². The van der Waals surface area contributed by atoms with Gasteiger partial charge in [0.05, 0.1) is 19.1 Å². The standard InChI is InChI=1S/C13H16N2O3/c1-15-11(16)7-10(13(14)17)12(15)8-3-5-9(18-2)6-4-8/h3-6,10,12H,7H2,1-2H3,(H2,14,17). The summed E-state index contributed by atoms with van der Waals surface area (Å²) in [4.78, 5) is 24.7. The van der Waals surface area contributed by atoms with Crippen molar-refractivity contribution in [3.05, 3.63) is 29.8 Å². The van der Waals surface area contributed by atoms with Gasteiger partial charge in [-0.3, -0.25) is 9.59 Å². The van der Waals surface area contributed by atoms with Gasteiger partial charge in [0.2, 0.25) is 11.8 Å². The summed E-state index contributed by atoms with van der Waals surface area (Å²) in [7, 11) is 3.28. The largest absolute Gasteiger partial charge is 0.497 e. The smallest absolute Gasteiger partial charge is 0.223 e. The molecule has 5 nitrogen and oxygen atoms in total. The van der Waals surface area contributed by atoms with Crippen molar-refractivity contribution in [2.75, 3.05) is 14.2 Å². The molecule has 1 aliphatic heterocycles. The maximum absolute atomic E-state index is 11.7. The number of rotatable bonds is 3. The minimum absolute atomic E-state index is 0.0559. The Bertz CT molecular complexity index is 470. The van der Waals surface area contributed by atoms with Crippen LogP contribution >= 0.6 is 0 Å². The van der Waals surface area contributed by atoms with Gasteiger partial charge >= 0.3 is 0 Å². The molecule has 5 heteroatoms. The Kier molecular flexibility index (Phi) is 3.23. The number of primary amides is 1. The third-order valence-corrected chi connectivity index (χ3v) is 3.41. The number of nitrogens with two attached hydrogens (primary N) is 1. The van der Waals surface area contributed by atoms with Crippen LogP contribution in [0.2, 0.25) is 0 Å². The molecule has 0 aromatic heterocycles. The van der Waals surface area contributed by atoms with Crippen molar-refractivity contribution in [1.82, 2.24) is 4.90 Å². The van der Waals surface area contributed by atoms with E-state index in [0.717, 1.165) is 11.3 Å². The number of carbonyl (C=O) groups excluding carboxylic acids is 2. The first-order valence-electron chi connectivity index (χ1n) is 5.73. The van der Waals surface area contributed by atoms with Crippen LogP contribution in [0.15, 0.2) is 24.3 Å². The molecule has 0 spiro atoms. The van der Waals surface area contributed by atoms with E-state index in [1.54, 1.807) is 19.1 Å². The molecular weight excluding hydrogens is 232 g/mol. The summed E-state index contributed by atoms with van der Waals surface area (Å²) in [5.41, 5.74) is 6.26. The SMILES string of the molecule is COc1ccc(C2C(C(N)=O)CC(=O)N2C)cc1. The van der Waals surface area contributed by atoms with E-state index in [9.17, 15) is 9.59 Å². The van der Waals surface area contributed by atoms with Gasteiger partial charge in [-0.1, -0.05) is 12.1 Å². The molecule has 0 bridgehead atoms. The van der Waals surface area contributed by atoms with Gasteiger partial charge in [-0.05, 0) is 17.7 Å². The van der Waals surface area contributed by atoms with Crippen molar-refractivity contribution in [1.29, 1.82) is 0 Å². The zero-order valence-corrected chi connectivity index (χ0v) is 10.4. The summed E-state index contributed by atoms with van der Waals surface area (Å²) < 4.78 is 5.08. The first kappa shape index (κ1) is 12.4. The van der Waals surface area contributed by atoms with Crippen molar-refractivity contribution >= 4 is 11.8 Å². The highest BCUT2D eigenvalue weighted by Crippen LogP contribution is 2.37. The maximum atomic E-state index is 11.7. The average molecular weight is 248 g/mol. The summed E-state index contributed by atoms with van der Waals surface area (Å²) in [6.45, 7) is 0. The first-order valence-corrected chi connectivity index (χ1v) is 5.73. The Morgan fingerprint density at radius 2 is 2.00 bits per heavy atom. The zero-order valence-electron chi connectivity index (χ0n) is 10.4. The van der Waals surface area contributed by atoms with Crippen LogP contribution in [0.1, 0.15) is 18.0 Å². The fraction of sp³-hybridized carbons (Fsp3) is 0.385. The molecular formula is C13H16N2O3. The van der Waals surface area contributed by atoms with Gasteiger partial charge in [0, 0.05) is 13.5 Å². The number of likely N-dealkylation sites (tertiary alicyclic amines) is 1. The van der Waals surface area contributed by atoms with Crippen molar-refractivity contribution in [3.63, 3.8) is 0 Å². The number of methoxy groups -OCH3 is 1. The van der Waals surface area contributed by atoms with Gasteiger partial charge in [-0.2, -0.15) is 0 Å². The molecule has 18 heavy (non-hydrogen) atoms. The molecule has 2 unspecified atom stereocenters. The van der Waals surface area contributed by atoms with Crippen LogP contribution in [-0.4, -0.2) is 30.9 Å². The Hall–Kier alpha value is -2.04. The lowest BCUT2D eigenvalue weighted by Gasteiger charge is -2.23. The highest BCUT2D eigenvalue weighted by atomic mass is 16.5. The third kappa shape index (κ3) is 2.03. The average Bonchev–Trinajstić information content (AvgIpc) is 2.66. The van der Waals surface area contributed by atoms with Gasteiger partial charge in [0.1, 0.15) is 5.75 Å². The normalized spacial score (nSPS) is 23.2. The highest BCUT2D eigenvalue weighted by molar-refractivity contribution is 5.89. The number of hydrogen-bond donors (Lipinski definition) is 1. The van der Waals surface area contributed by atoms with Crippen LogP contribution in [0.4, 0.5) is 0 Å². The lowest BCUT2D eigenvalue weighted by atomic mass is 9.93. The molecule has 1 aromatic rings. The number of ether oxygens (including phenoxy) is 1. The summed E-state index contributed by atoms with van der Waals surface area (Å²) in [6.07, 6.45) is 0.183. The van der Waals surface area contributed by atoms with E-state index < -0.39 is 11.8 Å². The second kappa shape index (κ2) is 4.68. The molecule has 2 N–H and O–H groups in total. The summed E-state index contributed by atoms with van der Waals surface area (Å²) in [5, 5.41) is 0. The number of hydrogen-bond acceptors (Lipinski definition) is 3. The van der Waals surface area contributed by atoms with Gasteiger partial charge in [-0.25, -0.2) is 0 Å².